The summed E-state index contributed by atoms with van der Waals surface area (Å²) >= 11 is 0. The molecule has 2 amide bonds. The Balaban J connectivity index is 1.51. The smallest absolute Gasteiger partial charge is 0.240 e. The first-order chi connectivity index (χ1) is 15.5. The maximum absolute atomic E-state index is 13.8. The van der Waals surface area contributed by atoms with Crippen LogP contribution < -0.4 is 5.73 Å². The lowest BCUT2D eigenvalue weighted by Crippen LogP contribution is -2.49. The quantitative estimate of drug-likeness (QED) is 0.751. The number of amides is 2. The molecule has 0 unspecified atom stereocenters. The summed E-state index contributed by atoms with van der Waals surface area (Å²) in [5, 5.41) is 0. The Morgan fingerprint density at radius 2 is 1.72 bits per heavy atom. The molecule has 0 saturated carbocycles. The van der Waals surface area contributed by atoms with Gasteiger partial charge in [0.15, 0.2) is 0 Å². The van der Waals surface area contributed by atoms with Gasteiger partial charge < -0.3 is 15.5 Å². The van der Waals surface area contributed by atoms with Crippen LogP contribution in [0.1, 0.15) is 36.4 Å². The maximum atomic E-state index is 13.8. The molecule has 2 aliphatic heterocycles. The van der Waals surface area contributed by atoms with Crippen molar-refractivity contribution in [2.75, 3.05) is 27.2 Å². The molecule has 4 rings (SSSR count). The third kappa shape index (κ3) is 4.69. The van der Waals surface area contributed by atoms with Crippen LogP contribution in [0.5, 0.6) is 0 Å². The molecule has 32 heavy (non-hydrogen) atoms. The second-order valence-electron chi connectivity index (χ2n) is 9.19. The van der Waals surface area contributed by atoms with Crippen LogP contribution in [0.25, 0.3) is 0 Å². The van der Waals surface area contributed by atoms with Gasteiger partial charge in [-0.15, -0.1) is 0 Å². The molecular weight excluding hydrogens is 402 g/mol. The number of rotatable bonds is 6. The van der Waals surface area contributed by atoms with Gasteiger partial charge in [0.2, 0.25) is 11.8 Å². The van der Waals surface area contributed by atoms with E-state index in [1.165, 1.54) is 5.56 Å². The second-order valence-corrected chi connectivity index (χ2v) is 9.19. The molecular formula is C25H33N5O2. The van der Waals surface area contributed by atoms with E-state index in [1.807, 2.05) is 73.9 Å². The standard InChI is InChI=1S/C25H33N5O2/c1-28(2)21-16-22(24(26)31)30(23(21)19-6-4-3-5-7-19)25(32)20-10-14-29(15-11-20)17-18-8-12-27-13-9-18/h3-9,12-13,20-23H,10-11,14-17H2,1-2H3,(H2,26,31)/t21-,22+,23+/m1/s1. The van der Waals surface area contributed by atoms with E-state index in [4.69, 9.17) is 5.73 Å². The fourth-order valence-electron chi connectivity index (χ4n) is 5.22. The van der Waals surface area contributed by atoms with E-state index in [-0.39, 0.29) is 23.9 Å². The summed E-state index contributed by atoms with van der Waals surface area (Å²) in [4.78, 5) is 36.6. The van der Waals surface area contributed by atoms with Gasteiger partial charge in [0.25, 0.3) is 0 Å². The zero-order chi connectivity index (χ0) is 22.7. The Morgan fingerprint density at radius 3 is 2.31 bits per heavy atom. The molecule has 2 N–H and O–H groups in total. The zero-order valence-electron chi connectivity index (χ0n) is 18.9. The Bertz CT molecular complexity index is 912. The van der Waals surface area contributed by atoms with Crippen molar-refractivity contribution in [2.24, 2.45) is 11.7 Å². The van der Waals surface area contributed by atoms with E-state index in [1.54, 1.807) is 0 Å². The average molecular weight is 436 g/mol. The highest BCUT2D eigenvalue weighted by molar-refractivity contribution is 5.89. The molecule has 3 atom stereocenters. The van der Waals surface area contributed by atoms with Gasteiger partial charge in [-0.05, 0) is 69.7 Å². The minimum Gasteiger partial charge on any atom is -0.368 e. The van der Waals surface area contributed by atoms with Crippen molar-refractivity contribution in [3.05, 3.63) is 66.0 Å². The number of carbonyl (C=O) groups is 2. The van der Waals surface area contributed by atoms with Crippen LogP contribution in [0, 0.1) is 5.92 Å². The minimum absolute atomic E-state index is 0.0469. The van der Waals surface area contributed by atoms with Crippen molar-refractivity contribution >= 4 is 11.8 Å². The van der Waals surface area contributed by atoms with E-state index >= 15 is 0 Å². The number of nitrogens with zero attached hydrogens (tertiary/aromatic N) is 4. The van der Waals surface area contributed by atoms with Crippen LogP contribution in [0.15, 0.2) is 54.9 Å². The van der Waals surface area contributed by atoms with Crippen molar-refractivity contribution in [3.63, 3.8) is 0 Å². The summed E-state index contributed by atoms with van der Waals surface area (Å²) in [5.74, 6) is -0.438. The molecule has 0 aliphatic carbocycles. The summed E-state index contributed by atoms with van der Waals surface area (Å²) in [6.45, 7) is 2.59. The number of pyridine rings is 1. The lowest BCUT2D eigenvalue weighted by molar-refractivity contribution is -0.144. The Morgan fingerprint density at radius 1 is 1.06 bits per heavy atom. The predicted molar refractivity (Wildman–Crippen MR) is 123 cm³/mol. The van der Waals surface area contributed by atoms with E-state index in [0.29, 0.717) is 6.42 Å². The number of likely N-dealkylation sites (N-methyl/N-ethyl adjacent to an activating group) is 1. The molecule has 1 aromatic carbocycles. The monoisotopic (exact) mass is 435 g/mol. The van der Waals surface area contributed by atoms with Crippen molar-refractivity contribution in [1.82, 2.24) is 19.7 Å². The third-order valence-electron chi connectivity index (χ3n) is 6.94. The van der Waals surface area contributed by atoms with Crippen LogP contribution in [0.4, 0.5) is 0 Å². The summed E-state index contributed by atoms with van der Waals surface area (Å²) < 4.78 is 0. The largest absolute Gasteiger partial charge is 0.368 e. The number of carbonyl (C=O) groups excluding carboxylic acids is 2. The summed E-state index contributed by atoms with van der Waals surface area (Å²) in [7, 11) is 4.01. The van der Waals surface area contributed by atoms with Crippen LogP contribution >= 0.6 is 0 Å². The maximum Gasteiger partial charge on any atom is 0.240 e. The van der Waals surface area contributed by atoms with Gasteiger partial charge in [0.05, 0.1) is 6.04 Å². The molecule has 7 heteroatoms. The van der Waals surface area contributed by atoms with Gasteiger partial charge in [-0.25, -0.2) is 0 Å². The highest BCUT2D eigenvalue weighted by Gasteiger charge is 2.49. The average Bonchev–Trinajstić information content (AvgIpc) is 3.22. The molecule has 1 aromatic heterocycles. The van der Waals surface area contributed by atoms with Gasteiger partial charge in [0.1, 0.15) is 6.04 Å². The first-order valence-electron chi connectivity index (χ1n) is 11.4. The SMILES string of the molecule is CN(C)[C@@H]1C[C@@H](C(N)=O)N(C(=O)C2CCN(Cc3ccncc3)CC2)[C@H]1c1ccccc1. The lowest BCUT2D eigenvalue weighted by Gasteiger charge is -2.38. The molecule has 2 saturated heterocycles. The van der Waals surface area contributed by atoms with Crippen molar-refractivity contribution in [3.8, 4) is 0 Å². The first kappa shape index (κ1) is 22.4. The predicted octanol–water partition coefficient (Wildman–Crippen LogP) is 2.05. The number of hydrogen-bond acceptors (Lipinski definition) is 5. The minimum atomic E-state index is -0.574. The van der Waals surface area contributed by atoms with Gasteiger partial charge in [-0.2, -0.15) is 0 Å². The number of aromatic nitrogens is 1. The zero-order valence-corrected chi connectivity index (χ0v) is 18.9. The van der Waals surface area contributed by atoms with Crippen LogP contribution in [0.3, 0.4) is 0 Å². The highest BCUT2D eigenvalue weighted by atomic mass is 16.2. The molecule has 0 radical (unpaired) electrons. The third-order valence-corrected chi connectivity index (χ3v) is 6.94. The molecule has 3 heterocycles. The number of primary amides is 1. The number of hydrogen-bond donors (Lipinski definition) is 1. The highest BCUT2D eigenvalue weighted by Crippen LogP contribution is 2.40. The Kier molecular flexibility index (Phi) is 6.86. The van der Waals surface area contributed by atoms with Gasteiger partial charge >= 0.3 is 0 Å². The number of benzene rings is 1. The number of piperidine rings is 1. The summed E-state index contributed by atoms with van der Waals surface area (Å²) in [5.41, 5.74) is 8.09. The summed E-state index contributed by atoms with van der Waals surface area (Å²) in [6.07, 6.45) is 5.77. The number of likely N-dealkylation sites (tertiary alicyclic amines) is 2. The molecule has 2 fully saturated rings. The Labute approximate surface area is 190 Å². The van der Waals surface area contributed by atoms with Crippen LogP contribution in [-0.2, 0) is 16.1 Å². The molecule has 7 nitrogen and oxygen atoms in total. The van der Waals surface area contributed by atoms with Gasteiger partial charge in [-0.1, -0.05) is 30.3 Å². The molecule has 170 valence electrons. The van der Waals surface area contributed by atoms with Crippen molar-refractivity contribution in [2.45, 2.75) is 43.9 Å². The topological polar surface area (TPSA) is 82.8 Å². The van der Waals surface area contributed by atoms with Crippen molar-refractivity contribution < 1.29 is 9.59 Å². The molecule has 2 aromatic rings. The molecule has 0 bridgehead atoms. The normalized spacial score (nSPS) is 24.7. The first-order valence-corrected chi connectivity index (χ1v) is 11.4. The van der Waals surface area contributed by atoms with Crippen molar-refractivity contribution in [1.29, 1.82) is 0 Å². The fourth-order valence-corrected chi connectivity index (χ4v) is 5.22. The Hall–Kier alpha value is -2.77. The molecule has 0 spiro atoms. The van der Waals surface area contributed by atoms with Gasteiger partial charge in [0, 0.05) is 30.9 Å². The fraction of sp³-hybridized carbons (Fsp3) is 0.480. The number of nitrogens with two attached hydrogens (primary N) is 1. The van der Waals surface area contributed by atoms with Crippen LogP contribution in [0.2, 0.25) is 0 Å². The van der Waals surface area contributed by atoms with E-state index in [9.17, 15) is 9.59 Å². The van der Waals surface area contributed by atoms with E-state index < -0.39 is 11.9 Å². The van der Waals surface area contributed by atoms with Gasteiger partial charge in [-0.3, -0.25) is 19.5 Å². The second kappa shape index (κ2) is 9.79. The summed E-state index contributed by atoms with van der Waals surface area (Å²) in [6, 6.07) is 13.4. The molecule has 2 aliphatic rings. The van der Waals surface area contributed by atoms with E-state index in [0.717, 1.165) is 38.0 Å². The van der Waals surface area contributed by atoms with Crippen LogP contribution in [-0.4, -0.2) is 70.8 Å². The lowest BCUT2D eigenvalue weighted by atomic mass is 9.93. The van der Waals surface area contributed by atoms with E-state index in [2.05, 4.69) is 14.8 Å².